The zero-order valence-electron chi connectivity index (χ0n) is 20.2. The van der Waals surface area contributed by atoms with Crippen molar-refractivity contribution in [2.24, 2.45) is 0 Å². The Morgan fingerprint density at radius 3 is 1.97 bits per heavy atom. The van der Waals surface area contributed by atoms with Crippen molar-refractivity contribution in [3.63, 3.8) is 0 Å². The predicted molar refractivity (Wildman–Crippen MR) is 134 cm³/mol. The molecule has 0 bridgehead atoms. The Bertz CT molecular complexity index is 1080. The lowest BCUT2D eigenvalue weighted by Crippen LogP contribution is -2.10. The number of aryl methyl sites for hydroxylation is 3. The Kier molecular flexibility index (Phi) is 8.78. The minimum absolute atomic E-state index is 0.366. The molecule has 176 valence electrons. The molecule has 0 fully saturated rings. The van der Waals surface area contributed by atoms with E-state index in [1.54, 1.807) is 26.0 Å². The van der Waals surface area contributed by atoms with Gasteiger partial charge in [-0.2, -0.15) is 0 Å². The van der Waals surface area contributed by atoms with E-state index < -0.39 is 0 Å². The van der Waals surface area contributed by atoms with E-state index in [-0.39, 0.29) is 0 Å². The van der Waals surface area contributed by atoms with Crippen LogP contribution < -0.4 is 23.7 Å². The molecule has 3 aromatic rings. The predicted octanol–water partition coefficient (Wildman–Crippen LogP) is 6.39. The first kappa shape index (κ1) is 24.6. The maximum absolute atomic E-state index is 6.15. The SMILES string of the molecule is COc1cc(C)cc(OCCOc2cc(C)cc(OCc3cc(C)cc(SC)c3)c2OC)c1. The molecule has 0 saturated heterocycles. The number of ether oxygens (including phenoxy) is 5. The van der Waals surface area contributed by atoms with E-state index in [0.29, 0.717) is 37.1 Å². The third kappa shape index (κ3) is 6.99. The molecule has 5 nitrogen and oxygen atoms in total. The number of thioether (sulfide) groups is 1. The van der Waals surface area contributed by atoms with Gasteiger partial charge in [0.1, 0.15) is 31.3 Å². The van der Waals surface area contributed by atoms with Crippen molar-refractivity contribution < 1.29 is 23.7 Å². The van der Waals surface area contributed by atoms with Gasteiger partial charge < -0.3 is 23.7 Å². The Morgan fingerprint density at radius 1 is 0.636 bits per heavy atom. The van der Waals surface area contributed by atoms with Crippen molar-refractivity contribution in [1.82, 2.24) is 0 Å². The number of rotatable bonds is 11. The van der Waals surface area contributed by atoms with Crippen LogP contribution in [0.4, 0.5) is 0 Å². The van der Waals surface area contributed by atoms with E-state index in [1.165, 1.54) is 10.5 Å². The van der Waals surface area contributed by atoms with Crippen molar-refractivity contribution in [2.45, 2.75) is 32.3 Å². The van der Waals surface area contributed by atoms with Crippen LogP contribution in [0, 0.1) is 20.8 Å². The molecule has 0 amide bonds. The first-order valence-corrected chi connectivity index (χ1v) is 12.0. The summed E-state index contributed by atoms with van der Waals surface area (Å²) in [6, 6.07) is 16.2. The lowest BCUT2D eigenvalue weighted by molar-refractivity contribution is 0.207. The van der Waals surface area contributed by atoms with E-state index in [9.17, 15) is 0 Å². The summed E-state index contributed by atoms with van der Waals surface area (Å²) >= 11 is 1.72. The van der Waals surface area contributed by atoms with Crippen molar-refractivity contribution in [3.8, 4) is 28.7 Å². The number of hydrogen-bond acceptors (Lipinski definition) is 6. The second-order valence-corrected chi connectivity index (χ2v) is 8.70. The Morgan fingerprint density at radius 2 is 1.27 bits per heavy atom. The van der Waals surface area contributed by atoms with Gasteiger partial charge in [0.2, 0.25) is 5.75 Å². The van der Waals surface area contributed by atoms with Gasteiger partial charge >= 0.3 is 0 Å². The topological polar surface area (TPSA) is 46.2 Å². The minimum atomic E-state index is 0.366. The normalized spacial score (nSPS) is 10.6. The van der Waals surface area contributed by atoms with Crippen LogP contribution in [0.15, 0.2) is 53.4 Å². The molecule has 6 heteroatoms. The molecule has 3 aromatic carbocycles. The smallest absolute Gasteiger partial charge is 0.203 e. The number of benzene rings is 3. The Balaban J connectivity index is 1.65. The fraction of sp³-hybridized carbons (Fsp3) is 0.333. The third-order valence-electron chi connectivity index (χ3n) is 4.98. The fourth-order valence-corrected chi connectivity index (χ4v) is 4.11. The first-order chi connectivity index (χ1) is 15.9. The Labute approximate surface area is 201 Å². The molecular formula is C27H32O5S. The summed E-state index contributed by atoms with van der Waals surface area (Å²) in [5.41, 5.74) is 4.43. The molecule has 0 unspecified atom stereocenters. The zero-order valence-corrected chi connectivity index (χ0v) is 21.0. The summed E-state index contributed by atoms with van der Waals surface area (Å²) in [6.07, 6.45) is 2.08. The van der Waals surface area contributed by atoms with Crippen molar-refractivity contribution in [2.75, 3.05) is 33.7 Å². The highest BCUT2D eigenvalue weighted by molar-refractivity contribution is 7.98. The summed E-state index contributed by atoms with van der Waals surface area (Å²) in [7, 11) is 3.27. The highest BCUT2D eigenvalue weighted by Gasteiger charge is 2.14. The summed E-state index contributed by atoms with van der Waals surface area (Å²) < 4.78 is 28.9. The second-order valence-electron chi connectivity index (χ2n) is 7.82. The number of hydrogen-bond donors (Lipinski definition) is 0. The van der Waals surface area contributed by atoms with Gasteiger partial charge in [-0.1, -0.05) is 6.07 Å². The summed E-state index contributed by atoms with van der Waals surface area (Å²) in [4.78, 5) is 1.22. The minimum Gasteiger partial charge on any atom is -0.497 e. The first-order valence-electron chi connectivity index (χ1n) is 10.8. The molecule has 0 aromatic heterocycles. The van der Waals surface area contributed by atoms with Crippen LogP contribution in [0.25, 0.3) is 0 Å². The third-order valence-corrected chi connectivity index (χ3v) is 5.69. The van der Waals surface area contributed by atoms with Crippen LogP contribution in [0.2, 0.25) is 0 Å². The largest absolute Gasteiger partial charge is 0.497 e. The lowest BCUT2D eigenvalue weighted by Gasteiger charge is -2.17. The fourth-order valence-electron chi connectivity index (χ4n) is 3.54. The average Bonchev–Trinajstić information content (AvgIpc) is 2.79. The van der Waals surface area contributed by atoms with E-state index in [2.05, 4.69) is 31.4 Å². The van der Waals surface area contributed by atoms with Crippen LogP contribution >= 0.6 is 11.8 Å². The molecule has 0 radical (unpaired) electrons. The summed E-state index contributed by atoms with van der Waals surface area (Å²) in [5.74, 6) is 3.39. The molecule has 0 saturated carbocycles. The summed E-state index contributed by atoms with van der Waals surface area (Å²) in [6.45, 7) is 7.31. The van der Waals surface area contributed by atoms with Gasteiger partial charge in [-0.3, -0.25) is 0 Å². The van der Waals surface area contributed by atoms with Gasteiger partial charge in [0.25, 0.3) is 0 Å². The van der Waals surface area contributed by atoms with E-state index in [1.807, 2.05) is 44.2 Å². The molecular weight excluding hydrogens is 436 g/mol. The molecule has 0 aliphatic carbocycles. The zero-order chi connectivity index (χ0) is 23.8. The van der Waals surface area contributed by atoms with Crippen LogP contribution in [-0.2, 0) is 6.61 Å². The molecule has 0 heterocycles. The van der Waals surface area contributed by atoms with E-state index in [0.717, 1.165) is 28.2 Å². The molecule has 0 N–H and O–H groups in total. The van der Waals surface area contributed by atoms with Gasteiger partial charge in [-0.15, -0.1) is 11.8 Å². The van der Waals surface area contributed by atoms with Gasteiger partial charge in [-0.05, 0) is 85.7 Å². The van der Waals surface area contributed by atoms with E-state index in [4.69, 9.17) is 23.7 Å². The Hall–Kier alpha value is -2.99. The van der Waals surface area contributed by atoms with Gasteiger partial charge in [0, 0.05) is 11.0 Å². The molecule has 0 atom stereocenters. The van der Waals surface area contributed by atoms with Crippen LogP contribution in [-0.4, -0.2) is 33.7 Å². The molecule has 0 aliphatic rings. The number of methoxy groups -OCH3 is 2. The van der Waals surface area contributed by atoms with Crippen LogP contribution in [0.5, 0.6) is 28.7 Å². The summed E-state index contributed by atoms with van der Waals surface area (Å²) in [5, 5.41) is 0. The monoisotopic (exact) mass is 468 g/mol. The highest BCUT2D eigenvalue weighted by Crippen LogP contribution is 2.39. The van der Waals surface area contributed by atoms with Gasteiger partial charge in [-0.25, -0.2) is 0 Å². The van der Waals surface area contributed by atoms with Gasteiger partial charge in [0.15, 0.2) is 11.5 Å². The van der Waals surface area contributed by atoms with Crippen molar-refractivity contribution >= 4 is 11.8 Å². The maximum Gasteiger partial charge on any atom is 0.203 e. The van der Waals surface area contributed by atoms with Crippen LogP contribution in [0.1, 0.15) is 22.3 Å². The molecule has 33 heavy (non-hydrogen) atoms. The average molecular weight is 469 g/mol. The molecule has 3 rings (SSSR count). The molecule has 0 spiro atoms. The van der Waals surface area contributed by atoms with Crippen LogP contribution in [0.3, 0.4) is 0 Å². The standard InChI is InChI=1S/C27H32O5S/c1-18-9-21(15-24(12-18)33-6)17-32-26-14-20(3)13-25(27(26)29-5)31-8-7-30-23-11-19(2)10-22(16-23)28-4/h9-16H,7-8,17H2,1-6H3. The van der Waals surface area contributed by atoms with E-state index >= 15 is 0 Å². The maximum atomic E-state index is 6.15. The van der Waals surface area contributed by atoms with Crippen molar-refractivity contribution in [1.29, 1.82) is 0 Å². The highest BCUT2D eigenvalue weighted by atomic mass is 32.2. The quantitative estimate of drug-likeness (QED) is 0.240. The molecule has 0 aliphatic heterocycles. The second kappa shape index (κ2) is 11.8. The van der Waals surface area contributed by atoms with Gasteiger partial charge in [0.05, 0.1) is 14.2 Å². The van der Waals surface area contributed by atoms with Crippen molar-refractivity contribution in [3.05, 3.63) is 70.8 Å². The lowest BCUT2D eigenvalue weighted by atomic mass is 10.1.